The number of hydrogen-bond donors (Lipinski definition) is 2. The zero-order valence-electron chi connectivity index (χ0n) is 11.3. The lowest BCUT2D eigenvalue weighted by Gasteiger charge is -2.33. The summed E-state index contributed by atoms with van der Waals surface area (Å²) < 4.78 is 11.1. The molecule has 104 valence electrons. The fourth-order valence-corrected chi connectivity index (χ4v) is 2.28. The van der Waals surface area contributed by atoms with Gasteiger partial charge >= 0.3 is 0 Å². The Labute approximate surface area is 119 Å². The van der Waals surface area contributed by atoms with Crippen molar-refractivity contribution in [3.05, 3.63) is 35.9 Å². The highest BCUT2D eigenvalue weighted by Crippen LogP contribution is 2.15. The average Bonchev–Trinajstić information content (AvgIpc) is 2.36. The molecule has 0 unspecified atom stereocenters. The molecule has 2 N–H and O–H groups in total. The highest BCUT2D eigenvalue weighted by molar-refractivity contribution is 7.80. The SMILES string of the molecule is C[C@H]1O[C@@H](C)C[C@@H](NC(=S)NCc2ccccc2)O1. The van der Waals surface area contributed by atoms with E-state index >= 15 is 0 Å². The lowest BCUT2D eigenvalue weighted by atomic mass is 10.2. The van der Waals surface area contributed by atoms with Crippen molar-refractivity contribution in [2.75, 3.05) is 0 Å². The maximum Gasteiger partial charge on any atom is 0.168 e. The molecule has 1 saturated heterocycles. The van der Waals surface area contributed by atoms with E-state index in [1.807, 2.05) is 32.0 Å². The first kappa shape index (κ1) is 14.2. The molecule has 0 aromatic heterocycles. The van der Waals surface area contributed by atoms with Crippen LogP contribution in [0.2, 0.25) is 0 Å². The average molecular weight is 280 g/mol. The van der Waals surface area contributed by atoms with Crippen molar-refractivity contribution >= 4 is 17.3 Å². The van der Waals surface area contributed by atoms with Gasteiger partial charge in [0.15, 0.2) is 11.4 Å². The molecular weight excluding hydrogens is 260 g/mol. The van der Waals surface area contributed by atoms with Crippen molar-refractivity contribution in [1.82, 2.24) is 10.6 Å². The van der Waals surface area contributed by atoms with Crippen molar-refractivity contribution in [3.8, 4) is 0 Å². The van der Waals surface area contributed by atoms with Gasteiger partial charge in [-0.15, -0.1) is 0 Å². The van der Waals surface area contributed by atoms with E-state index < -0.39 is 0 Å². The molecule has 4 nitrogen and oxygen atoms in total. The molecular formula is C14H20N2O2S. The van der Waals surface area contributed by atoms with Gasteiger partial charge in [-0.1, -0.05) is 30.3 Å². The fraction of sp³-hybridized carbons (Fsp3) is 0.500. The number of hydrogen-bond acceptors (Lipinski definition) is 3. The van der Waals surface area contributed by atoms with Gasteiger partial charge in [-0.05, 0) is 31.6 Å². The predicted octanol–water partition coefficient (Wildman–Crippen LogP) is 2.15. The molecule has 0 bridgehead atoms. The van der Waals surface area contributed by atoms with Crippen molar-refractivity contribution in [3.63, 3.8) is 0 Å². The fourth-order valence-electron chi connectivity index (χ4n) is 2.07. The van der Waals surface area contributed by atoms with Crippen LogP contribution in [0.1, 0.15) is 25.8 Å². The molecule has 1 aromatic carbocycles. The topological polar surface area (TPSA) is 42.5 Å². The Morgan fingerprint density at radius 3 is 2.68 bits per heavy atom. The zero-order chi connectivity index (χ0) is 13.7. The van der Waals surface area contributed by atoms with Crippen LogP contribution < -0.4 is 10.6 Å². The van der Waals surface area contributed by atoms with Gasteiger partial charge in [0.2, 0.25) is 0 Å². The van der Waals surface area contributed by atoms with Crippen molar-refractivity contribution in [2.24, 2.45) is 0 Å². The molecule has 0 amide bonds. The molecule has 1 aliphatic heterocycles. The quantitative estimate of drug-likeness (QED) is 0.831. The van der Waals surface area contributed by atoms with Crippen molar-refractivity contribution in [2.45, 2.75) is 45.4 Å². The van der Waals surface area contributed by atoms with E-state index in [2.05, 4.69) is 22.8 Å². The lowest BCUT2D eigenvalue weighted by molar-refractivity contribution is -0.232. The van der Waals surface area contributed by atoms with E-state index in [1.54, 1.807) is 0 Å². The number of ether oxygens (including phenoxy) is 2. The number of rotatable bonds is 3. The molecule has 0 spiro atoms. The third-order valence-corrected chi connectivity index (χ3v) is 3.18. The molecule has 2 rings (SSSR count). The van der Waals surface area contributed by atoms with Crippen LogP contribution in [0.4, 0.5) is 0 Å². The summed E-state index contributed by atoms with van der Waals surface area (Å²) in [7, 11) is 0. The monoisotopic (exact) mass is 280 g/mol. The molecule has 5 heteroatoms. The molecule has 1 aliphatic rings. The van der Waals surface area contributed by atoms with Crippen LogP contribution in [0.5, 0.6) is 0 Å². The van der Waals surface area contributed by atoms with Crippen LogP contribution in [-0.4, -0.2) is 23.7 Å². The summed E-state index contributed by atoms with van der Waals surface area (Å²) in [5.41, 5.74) is 1.20. The Balaban J connectivity index is 1.75. The zero-order valence-corrected chi connectivity index (χ0v) is 12.1. The van der Waals surface area contributed by atoms with E-state index in [0.717, 1.165) is 6.42 Å². The normalized spacial score (nSPS) is 26.7. The third-order valence-electron chi connectivity index (χ3n) is 2.91. The second-order valence-corrected chi connectivity index (χ2v) is 5.10. The summed E-state index contributed by atoms with van der Waals surface area (Å²) in [5.74, 6) is 0. The minimum absolute atomic E-state index is 0.0884. The van der Waals surface area contributed by atoms with E-state index in [1.165, 1.54) is 5.56 Å². The summed E-state index contributed by atoms with van der Waals surface area (Å²) >= 11 is 5.27. The smallest absolute Gasteiger partial charge is 0.168 e. The molecule has 0 radical (unpaired) electrons. The van der Waals surface area contributed by atoms with Crippen LogP contribution in [0.15, 0.2) is 30.3 Å². The minimum Gasteiger partial charge on any atom is -0.359 e. The molecule has 1 heterocycles. The number of thiocarbonyl (C=S) groups is 1. The summed E-state index contributed by atoms with van der Waals surface area (Å²) in [5, 5.41) is 6.95. The van der Waals surface area contributed by atoms with Gasteiger partial charge in [0, 0.05) is 13.0 Å². The summed E-state index contributed by atoms with van der Waals surface area (Å²) in [6.07, 6.45) is 0.684. The Morgan fingerprint density at radius 1 is 1.26 bits per heavy atom. The van der Waals surface area contributed by atoms with Crippen LogP contribution >= 0.6 is 12.2 Å². The molecule has 1 aromatic rings. The second-order valence-electron chi connectivity index (χ2n) is 4.69. The number of benzene rings is 1. The van der Waals surface area contributed by atoms with Gasteiger partial charge in [-0.25, -0.2) is 0 Å². The Bertz CT molecular complexity index is 403. The third kappa shape index (κ3) is 4.78. The predicted molar refractivity (Wildman–Crippen MR) is 78.5 cm³/mol. The van der Waals surface area contributed by atoms with Crippen LogP contribution in [0.3, 0.4) is 0 Å². The molecule has 0 saturated carbocycles. The second kappa shape index (κ2) is 6.84. The first-order valence-corrected chi connectivity index (χ1v) is 6.93. The molecule has 0 aliphatic carbocycles. The summed E-state index contributed by atoms with van der Waals surface area (Å²) in [6.45, 7) is 4.64. The first-order valence-electron chi connectivity index (χ1n) is 6.52. The van der Waals surface area contributed by atoms with Gasteiger partial charge < -0.3 is 20.1 Å². The molecule has 1 fully saturated rings. The highest BCUT2D eigenvalue weighted by Gasteiger charge is 2.25. The highest BCUT2D eigenvalue weighted by atomic mass is 32.1. The van der Waals surface area contributed by atoms with E-state index in [4.69, 9.17) is 21.7 Å². The Hall–Kier alpha value is -1.17. The van der Waals surface area contributed by atoms with E-state index in [-0.39, 0.29) is 18.6 Å². The molecule has 19 heavy (non-hydrogen) atoms. The van der Waals surface area contributed by atoms with Crippen LogP contribution in [0, 0.1) is 0 Å². The molecule has 3 atom stereocenters. The Kier molecular flexibility index (Phi) is 5.13. The maximum atomic E-state index is 5.62. The van der Waals surface area contributed by atoms with Gasteiger partial charge in [-0.3, -0.25) is 0 Å². The van der Waals surface area contributed by atoms with Crippen LogP contribution in [0.25, 0.3) is 0 Å². The van der Waals surface area contributed by atoms with E-state index in [9.17, 15) is 0 Å². The van der Waals surface area contributed by atoms with Gasteiger partial charge in [0.25, 0.3) is 0 Å². The standard InChI is InChI=1S/C14H20N2O2S/c1-10-8-13(18-11(2)17-10)16-14(19)15-9-12-6-4-3-5-7-12/h3-7,10-11,13H,8-9H2,1-2H3,(H2,15,16,19)/t10-,11-,13-/m0/s1. The Morgan fingerprint density at radius 2 is 2.00 bits per heavy atom. The summed E-state index contributed by atoms with van der Waals surface area (Å²) in [6, 6.07) is 10.1. The maximum absolute atomic E-state index is 5.62. The lowest BCUT2D eigenvalue weighted by Crippen LogP contribution is -2.48. The van der Waals surface area contributed by atoms with Crippen molar-refractivity contribution in [1.29, 1.82) is 0 Å². The first-order chi connectivity index (χ1) is 9.13. The minimum atomic E-state index is -0.196. The van der Waals surface area contributed by atoms with Gasteiger partial charge in [0.1, 0.15) is 6.23 Å². The number of nitrogens with one attached hydrogen (secondary N) is 2. The largest absolute Gasteiger partial charge is 0.359 e. The van der Waals surface area contributed by atoms with Crippen molar-refractivity contribution < 1.29 is 9.47 Å². The van der Waals surface area contributed by atoms with Crippen LogP contribution in [-0.2, 0) is 16.0 Å². The van der Waals surface area contributed by atoms with Gasteiger partial charge in [0.05, 0.1) is 6.10 Å². The van der Waals surface area contributed by atoms with E-state index in [0.29, 0.717) is 11.7 Å². The van der Waals surface area contributed by atoms with Gasteiger partial charge in [-0.2, -0.15) is 0 Å². The summed E-state index contributed by atoms with van der Waals surface area (Å²) in [4.78, 5) is 0.